The molecule has 0 saturated carbocycles. The Hall–Kier alpha value is -3.75. The molecule has 0 aliphatic rings. The molecule has 0 saturated heterocycles. The van der Waals surface area contributed by atoms with Crippen molar-refractivity contribution in [1.29, 1.82) is 0 Å². The predicted molar refractivity (Wildman–Crippen MR) is 254 cm³/mol. The molecule has 61 heavy (non-hydrogen) atoms. The van der Waals surface area contributed by atoms with Gasteiger partial charge in [-0.1, -0.05) is 156 Å². The molecule has 8 heteroatoms. The minimum Gasteiger partial charge on any atom is -0.544 e. The van der Waals surface area contributed by atoms with Gasteiger partial charge in [0.05, 0.1) is 40.3 Å². The van der Waals surface area contributed by atoms with E-state index in [2.05, 4.69) is 111 Å². The third kappa shape index (κ3) is 41.4. The number of rotatable bonds is 41. The first-order chi connectivity index (χ1) is 29.6. The van der Waals surface area contributed by atoms with Gasteiger partial charge in [0.25, 0.3) is 0 Å². The van der Waals surface area contributed by atoms with Gasteiger partial charge >= 0.3 is 11.9 Å². The summed E-state index contributed by atoms with van der Waals surface area (Å²) in [6.45, 7) is 4.44. The summed E-state index contributed by atoms with van der Waals surface area (Å²) in [5, 5.41) is 11.6. The zero-order valence-electron chi connectivity index (χ0n) is 39.3. The number of likely N-dealkylation sites (N-methyl/N-ethyl adjacent to an activating group) is 1. The predicted octanol–water partition coefficient (Wildman–Crippen LogP) is 12.1. The molecule has 0 radical (unpaired) electrons. The van der Waals surface area contributed by atoms with Crippen molar-refractivity contribution in [2.75, 3.05) is 41.0 Å². The van der Waals surface area contributed by atoms with Crippen molar-refractivity contribution in [3.63, 3.8) is 0 Å². The number of ether oxygens (including phenoxy) is 3. The number of allylic oxidation sites excluding steroid dienone is 16. The van der Waals surface area contributed by atoms with Crippen molar-refractivity contribution in [3.8, 4) is 0 Å². The number of carbonyl (C=O) groups excluding carboxylic acids is 3. The second kappa shape index (κ2) is 42.9. The number of unbranched alkanes of at least 4 members (excludes halogenated alkanes) is 11. The fraction of sp³-hybridized carbons (Fsp3) is 0.642. The Bertz CT molecular complexity index is 1310. The molecule has 2 atom stereocenters. The number of carboxylic acid groups (broad SMARTS) is 1. The molecule has 0 aromatic rings. The molecular formula is C53H87NO7. The summed E-state index contributed by atoms with van der Waals surface area (Å²) in [5.41, 5.74) is 0. The highest BCUT2D eigenvalue weighted by Gasteiger charge is 2.25. The average molecular weight is 850 g/mol. The van der Waals surface area contributed by atoms with E-state index in [1.54, 1.807) is 21.1 Å². The Balaban J connectivity index is 4.46. The molecular weight excluding hydrogens is 763 g/mol. The van der Waals surface area contributed by atoms with Gasteiger partial charge in [-0.15, -0.1) is 0 Å². The molecule has 8 nitrogen and oxygen atoms in total. The molecule has 0 amide bonds. The SMILES string of the molecule is CC/C=C/C/C=C/C/C=C/C/C=C/C/C=C/CCCCCCC(=O)OC(COCCC(C(=O)[O-])[N+](C)(C)C)COC(=O)CCC/C=C/C/C=C/C/C=C/CCCCCCCC. The van der Waals surface area contributed by atoms with Crippen LogP contribution in [0.2, 0.25) is 0 Å². The minimum atomic E-state index is -1.14. The van der Waals surface area contributed by atoms with E-state index in [0.29, 0.717) is 12.8 Å². The molecule has 0 rings (SSSR count). The molecule has 0 aliphatic carbocycles. The zero-order chi connectivity index (χ0) is 44.9. The Kier molecular flexibility index (Phi) is 40.3. The second-order valence-corrected chi connectivity index (χ2v) is 16.6. The highest BCUT2D eigenvalue weighted by atomic mass is 16.6. The summed E-state index contributed by atoms with van der Waals surface area (Å²) in [6.07, 6.45) is 57.3. The summed E-state index contributed by atoms with van der Waals surface area (Å²) in [6, 6.07) is -0.744. The van der Waals surface area contributed by atoms with E-state index in [9.17, 15) is 19.5 Å². The lowest BCUT2D eigenvalue weighted by molar-refractivity contribution is -0.889. The summed E-state index contributed by atoms with van der Waals surface area (Å²) >= 11 is 0. The quantitative estimate of drug-likeness (QED) is 0.0261. The summed E-state index contributed by atoms with van der Waals surface area (Å²) in [5.74, 6) is -1.85. The summed E-state index contributed by atoms with van der Waals surface area (Å²) in [4.78, 5) is 36.9. The van der Waals surface area contributed by atoms with Gasteiger partial charge in [0, 0.05) is 19.3 Å². The van der Waals surface area contributed by atoms with Gasteiger partial charge in [0.2, 0.25) is 0 Å². The average Bonchev–Trinajstić information content (AvgIpc) is 3.22. The highest BCUT2D eigenvalue weighted by Crippen LogP contribution is 2.12. The van der Waals surface area contributed by atoms with E-state index in [0.717, 1.165) is 77.0 Å². The van der Waals surface area contributed by atoms with E-state index < -0.39 is 18.1 Å². The largest absolute Gasteiger partial charge is 0.544 e. The number of nitrogens with zero attached hydrogens (tertiary/aromatic N) is 1. The van der Waals surface area contributed by atoms with E-state index >= 15 is 0 Å². The first-order valence-corrected chi connectivity index (χ1v) is 23.8. The maximum Gasteiger partial charge on any atom is 0.306 e. The van der Waals surface area contributed by atoms with Crippen molar-refractivity contribution in [2.45, 2.75) is 180 Å². The third-order valence-corrected chi connectivity index (χ3v) is 9.95. The van der Waals surface area contributed by atoms with Crippen LogP contribution in [0.25, 0.3) is 0 Å². The standard InChI is InChI=1S/C53H87NO7/c1-6-8-10-12-14-16-18-20-22-24-25-26-28-30-32-34-36-38-40-42-44-52(56)61-49(47-59-46-45-50(53(57)58)54(3,4)5)48-60-51(55)43-41-39-37-35-33-31-29-27-23-21-19-17-15-13-11-9-7-2/h8,10,14,16,20-23,25-26,29-32,35,37,49-50H,6-7,9,11-13,15,17-19,24,27-28,33-34,36,38-48H2,1-5H3/b10-8+,16-14+,22-20+,23-21+,26-25+,31-29+,32-30+,37-35+. The normalized spacial score (nSPS) is 13.8. The van der Waals surface area contributed by atoms with Gasteiger partial charge in [-0.3, -0.25) is 9.59 Å². The van der Waals surface area contributed by atoms with Crippen molar-refractivity contribution in [1.82, 2.24) is 0 Å². The van der Waals surface area contributed by atoms with Gasteiger partial charge in [-0.05, 0) is 89.9 Å². The lowest BCUT2D eigenvalue weighted by Gasteiger charge is -2.34. The van der Waals surface area contributed by atoms with E-state index in [1.807, 2.05) is 0 Å². The molecule has 2 unspecified atom stereocenters. The van der Waals surface area contributed by atoms with E-state index in [1.165, 1.54) is 44.9 Å². The third-order valence-electron chi connectivity index (χ3n) is 9.95. The smallest absolute Gasteiger partial charge is 0.306 e. The monoisotopic (exact) mass is 850 g/mol. The van der Waals surface area contributed by atoms with Gasteiger partial charge in [-0.25, -0.2) is 0 Å². The number of esters is 2. The van der Waals surface area contributed by atoms with Gasteiger partial charge in [-0.2, -0.15) is 0 Å². The Morgan fingerprint density at radius 1 is 0.508 bits per heavy atom. The van der Waals surface area contributed by atoms with Crippen LogP contribution in [0.4, 0.5) is 0 Å². The topological polar surface area (TPSA) is 102 Å². The maximum absolute atomic E-state index is 12.7. The maximum atomic E-state index is 12.7. The fourth-order valence-electron chi connectivity index (χ4n) is 6.29. The van der Waals surface area contributed by atoms with Crippen molar-refractivity contribution < 1.29 is 38.2 Å². The lowest BCUT2D eigenvalue weighted by atomic mass is 10.1. The molecule has 0 heterocycles. The van der Waals surface area contributed by atoms with Gasteiger partial charge in [0.1, 0.15) is 12.6 Å². The van der Waals surface area contributed by atoms with Crippen LogP contribution >= 0.6 is 0 Å². The van der Waals surface area contributed by atoms with Crippen molar-refractivity contribution in [2.24, 2.45) is 0 Å². The van der Waals surface area contributed by atoms with Crippen LogP contribution in [0.3, 0.4) is 0 Å². The van der Waals surface area contributed by atoms with Crippen LogP contribution in [-0.2, 0) is 28.6 Å². The summed E-state index contributed by atoms with van der Waals surface area (Å²) < 4.78 is 17.1. The molecule has 346 valence electrons. The number of carboxylic acids is 1. The van der Waals surface area contributed by atoms with Crippen LogP contribution in [-0.4, -0.2) is 75.5 Å². The van der Waals surface area contributed by atoms with Gasteiger partial charge in [0.15, 0.2) is 6.10 Å². The molecule has 0 fully saturated rings. The van der Waals surface area contributed by atoms with E-state index in [-0.39, 0.29) is 55.5 Å². The van der Waals surface area contributed by atoms with Crippen LogP contribution < -0.4 is 5.11 Å². The number of carbonyl (C=O) groups is 3. The fourth-order valence-corrected chi connectivity index (χ4v) is 6.29. The van der Waals surface area contributed by atoms with Crippen LogP contribution in [0, 0.1) is 0 Å². The second-order valence-electron chi connectivity index (χ2n) is 16.6. The van der Waals surface area contributed by atoms with Crippen molar-refractivity contribution in [3.05, 3.63) is 97.2 Å². The van der Waals surface area contributed by atoms with Crippen LogP contribution in [0.15, 0.2) is 97.2 Å². The Labute approximate surface area is 373 Å². The molecule has 0 N–H and O–H groups in total. The lowest BCUT2D eigenvalue weighted by Crippen LogP contribution is -2.55. The minimum absolute atomic E-state index is 0.00828. The number of hydrogen-bond acceptors (Lipinski definition) is 7. The van der Waals surface area contributed by atoms with Gasteiger partial charge < -0.3 is 28.6 Å². The molecule has 0 aliphatic heterocycles. The Morgan fingerprint density at radius 3 is 1.41 bits per heavy atom. The summed E-state index contributed by atoms with van der Waals surface area (Å²) in [7, 11) is 5.38. The molecule has 0 aromatic carbocycles. The number of aliphatic carboxylic acids is 1. The first kappa shape index (κ1) is 57.2. The van der Waals surface area contributed by atoms with Crippen LogP contribution in [0.1, 0.15) is 168 Å². The van der Waals surface area contributed by atoms with Crippen molar-refractivity contribution >= 4 is 17.9 Å². The number of hydrogen-bond donors (Lipinski definition) is 0. The van der Waals surface area contributed by atoms with Crippen LogP contribution in [0.5, 0.6) is 0 Å². The first-order valence-electron chi connectivity index (χ1n) is 23.8. The zero-order valence-corrected chi connectivity index (χ0v) is 39.3. The number of quaternary nitrogens is 1. The molecule has 0 spiro atoms. The van der Waals surface area contributed by atoms with E-state index in [4.69, 9.17) is 14.2 Å². The Morgan fingerprint density at radius 2 is 0.934 bits per heavy atom. The highest BCUT2D eigenvalue weighted by molar-refractivity contribution is 5.70. The molecule has 0 bridgehead atoms. The molecule has 0 aromatic heterocycles.